The topological polar surface area (TPSA) is 68.4 Å². The normalized spacial score (nSPS) is 10.2. The van der Waals surface area contributed by atoms with Gasteiger partial charge in [-0.1, -0.05) is 12.1 Å². The fraction of sp³-hybridized carbons (Fsp3) is 0.200. The van der Waals surface area contributed by atoms with Crippen LogP contribution in [0.15, 0.2) is 30.5 Å². The third-order valence-corrected chi connectivity index (χ3v) is 3.02. The summed E-state index contributed by atoms with van der Waals surface area (Å²) in [5.74, 6) is -0.0388. The Balaban J connectivity index is 2.55. The Bertz CT molecular complexity index is 640. The number of carbonyl (C=O) groups is 2. The van der Waals surface area contributed by atoms with Crippen LogP contribution in [0.25, 0.3) is 11.1 Å². The Morgan fingerprint density at radius 1 is 1.10 bits per heavy atom. The van der Waals surface area contributed by atoms with E-state index in [1.165, 1.54) is 14.0 Å². The van der Waals surface area contributed by atoms with E-state index in [2.05, 4.69) is 4.98 Å². The van der Waals surface area contributed by atoms with Gasteiger partial charge in [-0.25, -0.2) is 4.79 Å². The third kappa shape index (κ3) is 2.42. The monoisotopic (exact) mass is 273 g/mol. The highest BCUT2D eigenvalue weighted by molar-refractivity contribution is 6.08. The zero-order chi connectivity index (χ0) is 14.7. The summed E-state index contributed by atoms with van der Waals surface area (Å²) in [5, 5.41) is 0. The van der Waals surface area contributed by atoms with E-state index in [1.807, 2.05) is 12.1 Å². The number of methoxy groups -OCH3 is 2. The number of aromatic amines is 1. The minimum absolute atomic E-state index is 0.217. The predicted molar refractivity (Wildman–Crippen MR) is 74.1 cm³/mol. The first-order valence-corrected chi connectivity index (χ1v) is 6.03. The standard InChI is InChI=1S/C15H15NO4/c1-9(17)14-13(15(18)20-3)12(8-16-14)10-4-6-11(19-2)7-5-10/h4-8,16H,1-3H3. The van der Waals surface area contributed by atoms with E-state index < -0.39 is 5.97 Å². The van der Waals surface area contributed by atoms with Gasteiger partial charge in [0.2, 0.25) is 0 Å². The van der Waals surface area contributed by atoms with Crippen LogP contribution in [0.4, 0.5) is 0 Å². The van der Waals surface area contributed by atoms with E-state index in [0.29, 0.717) is 5.56 Å². The van der Waals surface area contributed by atoms with E-state index in [4.69, 9.17) is 9.47 Å². The maximum absolute atomic E-state index is 11.9. The van der Waals surface area contributed by atoms with Crippen molar-refractivity contribution < 1.29 is 19.1 Å². The number of hydrogen-bond donors (Lipinski definition) is 1. The van der Waals surface area contributed by atoms with Crippen LogP contribution in [-0.2, 0) is 4.74 Å². The molecule has 0 saturated carbocycles. The molecule has 1 N–H and O–H groups in total. The van der Waals surface area contributed by atoms with E-state index in [-0.39, 0.29) is 17.0 Å². The molecule has 0 spiro atoms. The van der Waals surface area contributed by atoms with Crippen molar-refractivity contribution in [1.82, 2.24) is 4.98 Å². The number of hydrogen-bond acceptors (Lipinski definition) is 4. The summed E-state index contributed by atoms with van der Waals surface area (Å²) in [6, 6.07) is 7.21. The number of H-pyrrole nitrogens is 1. The second kappa shape index (κ2) is 5.61. The lowest BCUT2D eigenvalue weighted by molar-refractivity contribution is 0.0598. The van der Waals surface area contributed by atoms with Gasteiger partial charge in [0.1, 0.15) is 5.75 Å². The molecule has 20 heavy (non-hydrogen) atoms. The molecule has 0 aliphatic heterocycles. The predicted octanol–water partition coefficient (Wildman–Crippen LogP) is 2.68. The van der Waals surface area contributed by atoms with Gasteiger partial charge >= 0.3 is 5.97 Å². The Morgan fingerprint density at radius 2 is 1.75 bits per heavy atom. The molecule has 1 aromatic heterocycles. The molecule has 0 saturated heterocycles. The number of ketones is 1. The zero-order valence-corrected chi connectivity index (χ0v) is 11.5. The molecule has 0 aliphatic rings. The van der Waals surface area contributed by atoms with Gasteiger partial charge in [0.05, 0.1) is 25.5 Å². The minimum Gasteiger partial charge on any atom is -0.497 e. The quantitative estimate of drug-likeness (QED) is 0.687. The van der Waals surface area contributed by atoms with Crippen LogP contribution in [0.3, 0.4) is 0 Å². The fourth-order valence-corrected chi connectivity index (χ4v) is 2.01. The highest BCUT2D eigenvalue weighted by Gasteiger charge is 2.22. The van der Waals surface area contributed by atoms with Gasteiger partial charge in [-0.2, -0.15) is 0 Å². The number of Topliss-reactive ketones (excluding diaryl/α,β-unsaturated/α-hetero) is 1. The number of ether oxygens (including phenoxy) is 2. The van der Waals surface area contributed by atoms with Gasteiger partial charge in [0.25, 0.3) is 0 Å². The lowest BCUT2D eigenvalue weighted by Crippen LogP contribution is -2.08. The SMILES string of the molecule is COC(=O)c1c(-c2ccc(OC)cc2)c[nH]c1C(C)=O. The van der Waals surface area contributed by atoms with Crippen LogP contribution >= 0.6 is 0 Å². The molecule has 0 bridgehead atoms. The van der Waals surface area contributed by atoms with Crippen molar-refractivity contribution in [2.75, 3.05) is 14.2 Å². The van der Waals surface area contributed by atoms with E-state index >= 15 is 0 Å². The number of aromatic nitrogens is 1. The van der Waals surface area contributed by atoms with Crippen LogP contribution < -0.4 is 4.74 Å². The molecule has 1 aromatic carbocycles. The Labute approximate surface area is 116 Å². The molecule has 104 valence electrons. The number of nitrogens with one attached hydrogen (secondary N) is 1. The van der Waals surface area contributed by atoms with Crippen molar-refractivity contribution in [2.45, 2.75) is 6.92 Å². The second-order valence-electron chi connectivity index (χ2n) is 4.23. The molecule has 0 amide bonds. The Morgan fingerprint density at radius 3 is 2.25 bits per heavy atom. The van der Waals surface area contributed by atoms with Crippen molar-refractivity contribution in [3.8, 4) is 16.9 Å². The number of benzene rings is 1. The maximum Gasteiger partial charge on any atom is 0.340 e. The first-order valence-electron chi connectivity index (χ1n) is 6.03. The zero-order valence-electron chi connectivity index (χ0n) is 11.5. The molecule has 0 aliphatic carbocycles. The summed E-state index contributed by atoms with van der Waals surface area (Å²) < 4.78 is 9.85. The summed E-state index contributed by atoms with van der Waals surface area (Å²) in [6.45, 7) is 1.40. The van der Waals surface area contributed by atoms with Crippen molar-refractivity contribution in [1.29, 1.82) is 0 Å². The Hall–Kier alpha value is -2.56. The average molecular weight is 273 g/mol. The summed E-state index contributed by atoms with van der Waals surface area (Å²) in [5.41, 5.74) is 1.94. The molecular formula is C15H15NO4. The maximum atomic E-state index is 11.9. The van der Waals surface area contributed by atoms with Crippen molar-refractivity contribution in [3.63, 3.8) is 0 Å². The van der Waals surface area contributed by atoms with Crippen LogP contribution in [-0.4, -0.2) is 31.0 Å². The van der Waals surface area contributed by atoms with Gasteiger partial charge in [0, 0.05) is 18.7 Å². The molecule has 0 radical (unpaired) electrons. The van der Waals surface area contributed by atoms with Gasteiger partial charge in [0.15, 0.2) is 5.78 Å². The molecule has 0 unspecified atom stereocenters. The first-order chi connectivity index (χ1) is 9.58. The molecule has 5 heteroatoms. The summed E-state index contributed by atoms with van der Waals surface area (Å²) in [6.07, 6.45) is 1.63. The van der Waals surface area contributed by atoms with E-state index in [0.717, 1.165) is 11.3 Å². The van der Waals surface area contributed by atoms with Gasteiger partial charge < -0.3 is 14.5 Å². The fourth-order valence-electron chi connectivity index (χ4n) is 2.01. The van der Waals surface area contributed by atoms with Crippen LogP contribution in [0.1, 0.15) is 27.8 Å². The van der Waals surface area contributed by atoms with Crippen LogP contribution in [0, 0.1) is 0 Å². The average Bonchev–Trinajstić information content (AvgIpc) is 2.91. The molecule has 2 rings (SSSR count). The Kier molecular flexibility index (Phi) is 3.89. The lowest BCUT2D eigenvalue weighted by atomic mass is 10.0. The van der Waals surface area contributed by atoms with E-state index in [1.54, 1.807) is 25.4 Å². The lowest BCUT2D eigenvalue weighted by Gasteiger charge is -2.05. The second-order valence-corrected chi connectivity index (χ2v) is 4.23. The first kappa shape index (κ1) is 13.9. The third-order valence-electron chi connectivity index (χ3n) is 3.02. The van der Waals surface area contributed by atoms with Gasteiger partial charge in [-0.15, -0.1) is 0 Å². The minimum atomic E-state index is -0.540. The molecule has 1 heterocycles. The largest absolute Gasteiger partial charge is 0.497 e. The number of esters is 1. The van der Waals surface area contributed by atoms with Crippen LogP contribution in [0.5, 0.6) is 5.75 Å². The number of carbonyl (C=O) groups excluding carboxylic acids is 2. The summed E-state index contributed by atoms with van der Waals surface area (Å²) in [4.78, 5) is 26.3. The van der Waals surface area contributed by atoms with Crippen molar-refractivity contribution in [3.05, 3.63) is 41.7 Å². The molecule has 0 atom stereocenters. The highest BCUT2D eigenvalue weighted by atomic mass is 16.5. The molecule has 0 fully saturated rings. The van der Waals surface area contributed by atoms with Crippen molar-refractivity contribution >= 4 is 11.8 Å². The van der Waals surface area contributed by atoms with Gasteiger partial charge in [-0.3, -0.25) is 4.79 Å². The number of rotatable bonds is 4. The van der Waals surface area contributed by atoms with Crippen molar-refractivity contribution in [2.24, 2.45) is 0 Å². The summed E-state index contributed by atoms with van der Waals surface area (Å²) in [7, 11) is 2.87. The van der Waals surface area contributed by atoms with Crippen LogP contribution in [0.2, 0.25) is 0 Å². The molecular weight excluding hydrogens is 258 g/mol. The summed E-state index contributed by atoms with van der Waals surface area (Å²) >= 11 is 0. The molecule has 5 nitrogen and oxygen atoms in total. The smallest absolute Gasteiger partial charge is 0.340 e. The van der Waals surface area contributed by atoms with Gasteiger partial charge in [-0.05, 0) is 17.7 Å². The molecule has 2 aromatic rings. The highest BCUT2D eigenvalue weighted by Crippen LogP contribution is 2.28. The van der Waals surface area contributed by atoms with E-state index in [9.17, 15) is 9.59 Å².